The van der Waals surface area contributed by atoms with E-state index in [1.165, 1.54) is 20.8 Å². The highest BCUT2D eigenvalue weighted by Crippen LogP contribution is 2.38. The first-order chi connectivity index (χ1) is 12.7. The van der Waals surface area contributed by atoms with Crippen LogP contribution in [0.15, 0.2) is 4.99 Å². The molecule has 5 atom stereocenters. The number of hydrogen-bond acceptors (Lipinski definition) is 10. The molecular formula is C15H20F2N2O7S. The van der Waals surface area contributed by atoms with Crippen LogP contribution in [0.4, 0.5) is 8.78 Å². The van der Waals surface area contributed by atoms with Crippen molar-refractivity contribution in [3.63, 3.8) is 0 Å². The number of hydrogen-bond donors (Lipinski definition) is 1. The minimum atomic E-state index is -2.58. The average molecular weight is 410 g/mol. The first-order valence-corrected chi connectivity index (χ1v) is 8.95. The number of rotatable bonds is 6. The Kier molecular flexibility index (Phi) is 7.36. The zero-order valence-electron chi connectivity index (χ0n) is 14.8. The minimum Gasteiger partial charge on any atom is -0.463 e. The van der Waals surface area contributed by atoms with Gasteiger partial charge in [-0.25, -0.2) is 8.78 Å². The number of fused-ring (bicyclic) bond motifs is 1. The lowest BCUT2D eigenvalue weighted by Crippen LogP contribution is -2.59. The van der Waals surface area contributed by atoms with Crippen LogP contribution in [0.2, 0.25) is 0 Å². The summed E-state index contributed by atoms with van der Waals surface area (Å²) < 4.78 is 46.1. The first kappa shape index (κ1) is 21.4. The van der Waals surface area contributed by atoms with Crippen LogP contribution in [0.3, 0.4) is 0 Å². The Labute approximate surface area is 158 Å². The van der Waals surface area contributed by atoms with Gasteiger partial charge >= 0.3 is 17.9 Å². The van der Waals surface area contributed by atoms with Gasteiger partial charge in [-0.1, -0.05) is 11.8 Å². The molecule has 0 saturated carbocycles. The lowest BCUT2D eigenvalue weighted by atomic mass is 9.98. The first-order valence-electron chi connectivity index (χ1n) is 8.07. The molecule has 1 fully saturated rings. The van der Waals surface area contributed by atoms with Gasteiger partial charge in [-0.15, -0.1) is 0 Å². The Morgan fingerprint density at radius 3 is 2.33 bits per heavy atom. The van der Waals surface area contributed by atoms with Gasteiger partial charge in [0.1, 0.15) is 24.2 Å². The summed E-state index contributed by atoms with van der Waals surface area (Å²) in [6.07, 6.45) is -5.60. The van der Waals surface area contributed by atoms with Crippen LogP contribution >= 0.6 is 11.8 Å². The van der Waals surface area contributed by atoms with Gasteiger partial charge in [-0.05, 0) is 0 Å². The van der Waals surface area contributed by atoms with Crippen LogP contribution in [0.1, 0.15) is 20.8 Å². The predicted molar refractivity (Wildman–Crippen MR) is 89.2 cm³/mol. The molecule has 0 aromatic rings. The maximum Gasteiger partial charge on any atom is 0.303 e. The van der Waals surface area contributed by atoms with E-state index in [-0.39, 0.29) is 11.8 Å². The maximum absolute atomic E-state index is 12.4. The van der Waals surface area contributed by atoms with Gasteiger partial charge in [-0.3, -0.25) is 19.4 Å². The third kappa shape index (κ3) is 6.03. The summed E-state index contributed by atoms with van der Waals surface area (Å²) in [6, 6.07) is -0.781. The summed E-state index contributed by atoms with van der Waals surface area (Å²) in [5.41, 5.74) is -0.693. The summed E-state index contributed by atoms with van der Waals surface area (Å²) in [4.78, 5) is 38.4. The Bertz CT molecular complexity index is 619. The SMILES string of the molecule is CC(=O)OC[C@H]1O[C@@H]2SC(NCC(F)F)=N[C@@H]2[C@@H](OC(C)=O)[C@@H]1OC(C)=O. The Balaban J connectivity index is 2.24. The topological polar surface area (TPSA) is 113 Å². The van der Waals surface area contributed by atoms with Crippen molar-refractivity contribution < 1.29 is 42.1 Å². The Hall–Kier alpha value is -1.95. The Morgan fingerprint density at radius 1 is 1.15 bits per heavy atom. The van der Waals surface area contributed by atoms with Crippen molar-refractivity contribution in [1.29, 1.82) is 0 Å². The van der Waals surface area contributed by atoms with Crippen LogP contribution in [0.5, 0.6) is 0 Å². The standard InChI is InChI=1S/C15H20F2N2O7S/c1-6(20)23-5-9-12(24-7(2)21)13(25-8(3)22)11-14(26-9)27-15(19-11)18-4-10(16)17/h9-14H,4-5H2,1-3H3,(H,18,19)/t9-,11-,12-,13-,14-/m1/s1. The van der Waals surface area contributed by atoms with E-state index in [0.29, 0.717) is 0 Å². The average Bonchev–Trinajstić information content (AvgIpc) is 2.95. The van der Waals surface area contributed by atoms with E-state index in [1.54, 1.807) is 0 Å². The number of ether oxygens (including phenoxy) is 4. The molecule has 2 rings (SSSR count). The number of esters is 3. The van der Waals surface area contributed by atoms with Crippen LogP contribution in [0, 0.1) is 0 Å². The molecule has 12 heteroatoms. The molecular weight excluding hydrogens is 390 g/mol. The van der Waals surface area contributed by atoms with E-state index >= 15 is 0 Å². The summed E-state index contributed by atoms with van der Waals surface area (Å²) in [5.74, 6) is -1.86. The number of amidine groups is 1. The van der Waals surface area contributed by atoms with E-state index in [4.69, 9.17) is 18.9 Å². The van der Waals surface area contributed by atoms with Crippen molar-refractivity contribution in [1.82, 2.24) is 5.32 Å². The Morgan fingerprint density at radius 2 is 1.78 bits per heavy atom. The second-order valence-electron chi connectivity index (χ2n) is 5.81. The molecule has 1 N–H and O–H groups in total. The van der Waals surface area contributed by atoms with Gasteiger partial charge in [0, 0.05) is 20.8 Å². The largest absolute Gasteiger partial charge is 0.463 e. The van der Waals surface area contributed by atoms with E-state index in [0.717, 1.165) is 11.8 Å². The third-order valence-corrected chi connectivity index (χ3v) is 4.67. The van der Waals surface area contributed by atoms with Crippen molar-refractivity contribution in [2.24, 2.45) is 4.99 Å². The number of carbonyl (C=O) groups is 3. The number of halogens is 2. The molecule has 0 bridgehead atoms. The van der Waals surface area contributed by atoms with Crippen molar-refractivity contribution in [2.45, 2.75) is 57.0 Å². The van der Waals surface area contributed by atoms with E-state index in [2.05, 4.69) is 10.3 Å². The van der Waals surface area contributed by atoms with Crippen LogP contribution in [0.25, 0.3) is 0 Å². The molecule has 0 aromatic heterocycles. The fourth-order valence-corrected chi connectivity index (χ4v) is 3.77. The quantitative estimate of drug-likeness (QED) is 0.493. The fraction of sp³-hybridized carbons (Fsp3) is 0.733. The van der Waals surface area contributed by atoms with Crippen molar-refractivity contribution in [3.05, 3.63) is 0 Å². The van der Waals surface area contributed by atoms with E-state index < -0.39 is 60.7 Å². The summed E-state index contributed by atoms with van der Waals surface area (Å²) in [6.45, 7) is 2.71. The monoisotopic (exact) mass is 410 g/mol. The minimum absolute atomic E-state index is 0.192. The van der Waals surface area contributed by atoms with Crippen LogP contribution in [-0.2, 0) is 33.3 Å². The number of alkyl halides is 2. The van der Waals surface area contributed by atoms with Crippen molar-refractivity contribution in [3.8, 4) is 0 Å². The highest BCUT2D eigenvalue weighted by molar-refractivity contribution is 8.14. The van der Waals surface area contributed by atoms with Crippen molar-refractivity contribution >= 4 is 34.8 Å². The number of carbonyl (C=O) groups excluding carboxylic acids is 3. The number of thioether (sulfide) groups is 1. The molecule has 0 spiro atoms. The van der Waals surface area contributed by atoms with Gasteiger partial charge in [0.05, 0.1) is 6.54 Å². The van der Waals surface area contributed by atoms with Gasteiger partial charge in [0.15, 0.2) is 17.4 Å². The molecule has 2 aliphatic heterocycles. The molecule has 2 heterocycles. The smallest absolute Gasteiger partial charge is 0.303 e. The molecule has 0 radical (unpaired) electrons. The van der Waals surface area contributed by atoms with Crippen LogP contribution < -0.4 is 5.32 Å². The second kappa shape index (κ2) is 9.31. The van der Waals surface area contributed by atoms with E-state index in [9.17, 15) is 23.2 Å². The number of aliphatic imine (C=N–C) groups is 1. The number of nitrogens with one attached hydrogen (secondary N) is 1. The molecule has 27 heavy (non-hydrogen) atoms. The molecule has 0 aromatic carbocycles. The highest BCUT2D eigenvalue weighted by atomic mass is 32.2. The van der Waals surface area contributed by atoms with Crippen LogP contribution in [-0.4, -0.2) is 72.4 Å². The van der Waals surface area contributed by atoms with E-state index in [1.807, 2.05) is 0 Å². The maximum atomic E-state index is 12.4. The molecule has 0 amide bonds. The highest BCUT2D eigenvalue weighted by Gasteiger charge is 2.53. The summed E-state index contributed by atoms with van der Waals surface area (Å²) >= 11 is 1.04. The summed E-state index contributed by atoms with van der Waals surface area (Å²) in [7, 11) is 0. The number of nitrogens with zero attached hydrogens (tertiary/aromatic N) is 1. The van der Waals surface area contributed by atoms with Gasteiger partial charge in [0.2, 0.25) is 0 Å². The summed E-state index contributed by atoms with van der Waals surface area (Å²) in [5, 5.41) is 2.67. The lowest BCUT2D eigenvalue weighted by molar-refractivity contribution is -0.208. The fourth-order valence-electron chi connectivity index (χ4n) is 2.65. The molecule has 0 unspecified atom stereocenters. The molecule has 152 valence electrons. The zero-order valence-corrected chi connectivity index (χ0v) is 15.7. The molecule has 1 saturated heterocycles. The van der Waals surface area contributed by atoms with Gasteiger partial charge < -0.3 is 24.3 Å². The lowest BCUT2D eigenvalue weighted by Gasteiger charge is -2.41. The van der Waals surface area contributed by atoms with Crippen molar-refractivity contribution in [2.75, 3.05) is 13.2 Å². The zero-order chi connectivity index (χ0) is 20.1. The second-order valence-corrected chi connectivity index (χ2v) is 6.90. The van der Waals surface area contributed by atoms with Gasteiger partial charge in [0.25, 0.3) is 6.43 Å². The molecule has 9 nitrogen and oxygen atoms in total. The van der Waals surface area contributed by atoms with Gasteiger partial charge in [-0.2, -0.15) is 0 Å². The normalized spacial score (nSPS) is 29.6. The molecule has 0 aliphatic carbocycles. The predicted octanol–water partition coefficient (Wildman–Crippen LogP) is 0.464. The molecule has 2 aliphatic rings. The third-order valence-electron chi connectivity index (χ3n) is 3.57.